The second-order valence-electron chi connectivity index (χ2n) is 9.02. The van der Waals surface area contributed by atoms with Crippen molar-refractivity contribution < 1.29 is 14.4 Å². The maximum absolute atomic E-state index is 12.9. The number of nitrogens with one attached hydrogen (secondary N) is 2. The highest BCUT2D eigenvalue weighted by molar-refractivity contribution is 7.14. The van der Waals surface area contributed by atoms with Gasteiger partial charge < -0.3 is 10.6 Å². The molecular formula is C24H25N5O3S. The van der Waals surface area contributed by atoms with Crippen LogP contribution < -0.4 is 15.5 Å². The van der Waals surface area contributed by atoms with Gasteiger partial charge in [0, 0.05) is 18.3 Å². The molecule has 33 heavy (non-hydrogen) atoms. The number of thiazole rings is 1. The van der Waals surface area contributed by atoms with Gasteiger partial charge in [0.1, 0.15) is 5.41 Å². The van der Waals surface area contributed by atoms with Crippen LogP contribution >= 0.6 is 11.3 Å². The van der Waals surface area contributed by atoms with Crippen LogP contribution in [0.3, 0.4) is 0 Å². The molecule has 2 atom stereocenters. The summed E-state index contributed by atoms with van der Waals surface area (Å²) in [5.74, 6) is -0.365. The van der Waals surface area contributed by atoms with Gasteiger partial charge in [0.15, 0.2) is 5.13 Å². The summed E-state index contributed by atoms with van der Waals surface area (Å²) in [6, 6.07) is 9.35. The Kier molecular flexibility index (Phi) is 5.62. The lowest BCUT2D eigenvalue weighted by molar-refractivity contribution is -0.133. The molecule has 0 unspecified atom stereocenters. The molecule has 0 radical (unpaired) electrons. The highest BCUT2D eigenvalue weighted by Crippen LogP contribution is 2.42. The molecule has 1 saturated carbocycles. The number of fused-ring (bicyclic) bond motifs is 1. The quantitative estimate of drug-likeness (QED) is 0.683. The highest BCUT2D eigenvalue weighted by Gasteiger charge is 2.47. The number of carbonyl (C=O) groups is 3. The van der Waals surface area contributed by atoms with E-state index in [0.717, 1.165) is 24.0 Å². The van der Waals surface area contributed by atoms with Gasteiger partial charge >= 0.3 is 0 Å². The van der Waals surface area contributed by atoms with Crippen molar-refractivity contribution in [1.82, 2.24) is 15.6 Å². The second kappa shape index (κ2) is 8.60. The number of aromatic nitrogens is 1. The monoisotopic (exact) mass is 463 g/mol. The first-order valence-electron chi connectivity index (χ1n) is 11.3. The molecule has 9 heteroatoms. The number of benzene rings is 1. The molecule has 1 aromatic carbocycles. The highest BCUT2D eigenvalue weighted by atomic mass is 32.1. The van der Waals surface area contributed by atoms with Gasteiger partial charge in [-0.15, -0.1) is 11.3 Å². The Morgan fingerprint density at radius 2 is 2.06 bits per heavy atom. The smallest absolute Gasteiger partial charge is 0.241 e. The van der Waals surface area contributed by atoms with Crippen LogP contribution in [0.5, 0.6) is 0 Å². The van der Waals surface area contributed by atoms with Gasteiger partial charge in [-0.2, -0.15) is 5.26 Å². The van der Waals surface area contributed by atoms with E-state index < -0.39 is 5.41 Å². The van der Waals surface area contributed by atoms with Crippen molar-refractivity contribution in [2.45, 2.75) is 57.0 Å². The van der Waals surface area contributed by atoms with E-state index in [2.05, 4.69) is 21.7 Å². The van der Waals surface area contributed by atoms with Gasteiger partial charge in [-0.3, -0.25) is 19.3 Å². The molecule has 3 aliphatic rings. The Morgan fingerprint density at radius 1 is 1.24 bits per heavy atom. The summed E-state index contributed by atoms with van der Waals surface area (Å²) in [5, 5.41) is 18.1. The fraction of sp³-hybridized carbons (Fsp3) is 0.458. The van der Waals surface area contributed by atoms with Gasteiger partial charge in [0.05, 0.1) is 30.3 Å². The van der Waals surface area contributed by atoms with E-state index in [1.54, 1.807) is 4.90 Å². The summed E-state index contributed by atoms with van der Waals surface area (Å²) in [6.45, 7) is 0.671. The normalized spacial score (nSPS) is 22.9. The summed E-state index contributed by atoms with van der Waals surface area (Å²) in [6.07, 6.45) is 4.11. The molecule has 2 heterocycles. The number of nitriles is 1. The summed E-state index contributed by atoms with van der Waals surface area (Å²) in [4.78, 5) is 43.9. The zero-order chi connectivity index (χ0) is 23.0. The largest absolute Gasteiger partial charge is 0.350 e. The van der Waals surface area contributed by atoms with Crippen molar-refractivity contribution in [3.8, 4) is 6.07 Å². The maximum atomic E-state index is 12.9. The Balaban J connectivity index is 1.27. The number of rotatable bonds is 6. The summed E-state index contributed by atoms with van der Waals surface area (Å²) < 4.78 is 0. The van der Waals surface area contributed by atoms with Crippen LogP contribution in [0.1, 0.15) is 55.0 Å². The minimum Gasteiger partial charge on any atom is -0.350 e. The lowest BCUT2D eigenvalue weighted by atomic mass is 9.69. The number of carbonyl (C=O) groups excluding carboxylic acids is 3. The Hall–Kier alpha value is -3.25. The zero-order valence-corrected chi connectivity index (χ0v) is 19.0. The van der Waals surface area contributed by atoms with E-state index in [-0.39, 0.29) is 36.2 Å². The van der Waals surface area contributed by atoms with Crippen molar-refractivity contribution in [2.24, 2.45) is 5.41 Å². The van der Waals surface area contributed by atoms with Gasteiger partial charge in [0.2, 0.25) is 17.7 Å². The minimum absolute atomic E-state index is 0.0734. The van der Waals surface area contributed by atoms with E-state index in [4.69, 9.17) is 0 Å². The molecule has 1 aromatic heterocycles. The Bertz CT molecular complexity index is 1150. The van der Waals surface area contributed by atoms with Crippen LogP contribution in [-0.4, -0.2) is 35.3 Å². The Labute approximate surface area is 196 Å². The SMILES string of the molecule is N#CC1(C(=O)N[C@@H]2c3ccccc3C[C@H]2NC(=O)Cc2csc(N3CCCC3=O)n2)CCC1. The first-order valence-corrected chi connectivity index (χ1v) is 12.2. The van der Waals surface area contributed by atoms with Gasteiger partial charge in [-0.1, -0.05) is 24.3 Å². The van der Waals surface area contributed by atoms with E-state index in [0.29, 0.717) is 43.1 Å². The molecule has 5 rings (SSSR count). The molecular weight excluding hydrogens is 438 g/mol. The number of anilines is 1. The van der Waals surface area contributed by atoms with Crippen molar-refractivity contribution in [2.75, 3.05) is 11.4 Å². The molecule has 2 aliphatic carbocycles. The average Bonchev–Trinajstić information content (AvgIpc) is 3.47. The molecule has 3 amide bonds. The molecule has 170 valence electrons. The molecule has 1 aliphatic heterocycles. The Morgan fingerprint density at radius 3 is 2.76 bits per heavy atom. The zero-order valence-electron chi connectivity index (χ0n) is 18.2. The molecule has 2 fully saturated rings. The predicted molar refractivity (Wildman–Crippen MR) is 122 cm³/mol. The van der Waals surface area contributed by atoms with Crippen LogP contribution in [0.4, 0.5) is 5.13 Å². The number of nitrogens with zero attached hydrogens (tertiary/aromatic N) is 3. The van der Waals surface area contributed by atoms with Gasteiger partial charge in [0.25, 0.3) is 0 Å². The van der Waals surface area contributed by atoms with Crippen LogP contribution in [0.15, 0.2) is 29.6 Å². The van der Waals surface area contributed by atoms with Crippen LogP contribution in [-0.2, 0) is 27.2 Å². The van der Waals surface area contributed by atoms with Gasteiger partial charge in [-0.05, 0) is 43.2 Å². The lowest BCUT2D eigenvalue weighted by Gasteiger charge is -2.35. The maximum Gasteiger partial charge on any atom is 0.241 e. The van der Waals surface area contributed by atoms with Crippen molar-refractivity contribution in [3.05, 3.63) is 46.5 Å². The predicted octanol–water partition coefficient (Wildman–Crippen LogP) is 2.40. The standard InChI is InChI=1S/C24H25N5O3S/c25-14-24(8-4-9-24)22(32)28-21-17-6-2-1-5-15(17)11-18(21)27-19(30)12-16-13-33-23(26-16)29-10-3-7-20(29)31/h1-2,5-6,13,18,21H,3-4,7-12H2,(H,27,30)(H,28,32)/t18-,21-/m1/s1. The minimum atomic E-state index is -0.948. The van der Waals surface area contributed by atoms with Crippen molar-refractivity contribution in [3.63, 3.8) is 0 Å². The summed E-state index contributed by atoms with van der Waals surface area (Å²) >= 11 is 1.37. The molecule has 1 saturated heterocycles. The van der Waals surface area contributed by atoms with Crippen molar-refractivity contribution in [1.29, 1.82) is 5.26 Å². The molecule has 0 spiro atoms. The van der Waals surface area contributed by atoms with E-state index in [1.165, 1.54) is 11.3 Å². The lowest BCUT2D eigenvalue weighted by Crippen LogP contribution is -2.50. The third kappa shape index (κ3) is 4.00. The third-order valence-electron chi connectivity index (χ3n) is 6.91. The third-order valence-corrected chi connectivity index (χ3v) is 7.82. The van der Waals surface area contributed by atoms with Crippen molar-refractivity contribution >= 4 is 34.2 Å². The van der Waals surface area contributed by atoms with Crippen LogP contribution in [0.25, 0.3) is 0 Å². The van der Waals surface area contributed by atoms with E-state index in [1.807, 2.05) is 29.6 Å². The first-order chi connectivity index (χ1) is 16.0. The average molecular weight is 464 g/mol. The van der Waals surface area contributed by atoms with Crippen LogP contribution in [0.2, 0.25) is 0 Å². The first kappa shape index (κ1) is 21.6. The number of hydrogen-bond donors (Lipinski definition) is 2. The molecule has 8 nitrogen and oxygen atoms in total. The summed E-state index contributed by atoms with van der Waals surface area (Å²) in [5.41, 5.74) is 1.74. The second-order valence-corrected chi connectivity index (χ2v) is 9.86. The topological polar surface area (TPSA) is 115 Å². The molecule has 0 bridgehead atoms. The summed E-state index contributed by atoms with van der Waals surface area (Å²) in [7, 11) is 0. The molecule has 2 aromatic rings. The number of amides is 3. The van der Waals surface area contributed by atoms with Gasteiger partial charge in [-0.25, -0.2) is 4.98 Å². The fourth-order valence-corrected chi connectivity index (χ4v) is 5.75. The van der Waals surface area contributed by atoms with E-state index in [9.17, 15) is 19.6 Å². The van der Waals surface area contributed by atoms with Crippen LogP contribution in [0, 0.1) is 16.7 Å². The molecule has 2 N–H and O–H groups in total. The fourth-order valence-electron chi connectivity index (χ4n) is 4.88. The van der Waals surface area contributed by atoms with E-state index >= 15 is 0 Å². The number of hydrogen-bond acceptors (Lipinski definition) is 6.